The molecule has 0 unspecified atom stereocenters. The second-order valence-corrected chi connectivity index (χ2v) is 7.66. The second kappa shape index (κ2) is 7.80. The lowest BCUT2D eigenvalue weighted by Gasteiger charge is -2.34. The molecule has 144 valence electrons. The Morgan fingerprint density at radius 2 is 1.89 bits per heavy atom. The summed E-state index contributed by atoms with van der Waals surface area (Å²) < 4.78 is 5.60. The minimum absolute atomic E-state index is 0.0197. The number of halogens is 1. The third-order valence-corrected chi connectivity index (χ3v) is 5.80. The van der Waals surface area contributed by atoms with Crippen molar-refractivity contribution in [3.63, 3.8) is 0 Å². The van der Waals surface area contributed by atoms with Crippen molar-refractivity contribution < 1.29 is 14.3 Å². The van der Waals surface area contributed by atoms with Crippen LogP contribution in [0.2, 0.25) is 5.02 Å². The molecule has 1 aliphatic carbocycles. The molecule has 0 saturated carbocycles. The number of carbonyl (C=O) groups excluding carboxylic acids is 2. The number of rotatable bonds is 4. The molecule has 2 aromatic carbocycles. The predicted octanol–water partition coefficient (Wildman–Crippen LogP) is 4.74. The van der Waals surface area contributed by atoms with Crippen molar-refractivity contribution in [2.45, 2.75) is 38.0 Å². The maximum atomic E-state index is 13.1. The molecule has 5 heteroatoms. The van der Waals surface area contributed by atoms with Gasteiger partial charge in [-0.15, -0.1) is 0 Å². The molecule has 1 N–H and O–H groups in total. The Morgan fingerprint density at radius 3 is 2.68 bits per heavy atom. The molecule has 4 rings (SSSR count). The Balaban J connectivity index is 1.71. The number of Topliss-reactive ketones (excluding diaryl/α,β-unsaturated/α-hetero) is 1. The van der Waals surface area contributed by atoms with Gasteiger partial charge in [-0.2, -0.15) is 0 Å². The zero-order chi connectivity index (χ0) is 19.7. The molecule has 0 bridgehead atoms. The van der Waals surface area contributed by atoms with Crippen LogP contribution >= 0.6 is 11.6 Å². The standard InChI is InChI=1S/C23H22ClNO3/c1-2-28-16-7-5-6-14(10-16)18-13-22(27)25-20-11-15(12-21(26)23(18)20)17-8-3-4-9-19(17)24/h3-10,15,18H,2,11-13H2,1H3,(H,25,27)/t15-,18+/m0/s1. The zero-order valence-electron chi connectivity index (χ0n) is 15.7. The van der Waals surface area contributed by atoms with Crippen LogP contribution in [0.1, 0.15) is 49.1 Å². The summed E-state index contributed by atoms with van der Waals surface area (Å²) in [6.07, 6.45) is 1.29. The number of hydrogen-bond acceptors (Lipinski definition) is 3. The van der Waals surface area contributed by atoms with Gasteiger partial charge in [-0.25, -0.2) is 0 Å². The molecule has 0 fully saturated rings. The van der Waals surface area contributed by atoms with Gasteiger partial charge in [0, 0.05) is 35.1 Å². The molecule has 0 aromatic heterocycles. The first kappa shape index (κ1) is 18.8. The van der Waals surface area contributed by atoms with E-state index < -0.39 is 0 Å². The quantitative estimate of drug-likeness (QED) is 0.813. The van der Waals surface area contributed by atoms with Crippen molar-refractivity contribution in [1.29, 1.82) is 0 Å². The van der Waals surface area contributed by atoms with E-state index in [1.54, 1.807) is 0 Å². The average molecular weight is 396 g/mol. The maximum Gasteiger partial charge on any atom is 0.225 e. The Hall–Kier alpha value is -2.59. The van der Waals surface area contributed by atoms with Gasteiger partial charge in [-0.3, -0.25) is 9.59 Å². The van der Waals surface area contributed by atoms with E-state index in [-0.39, 0.29) is 29.9 Å². The largest absolute Gasteiger partial charge is 0.494 e. The first-order chi connectivity index (χ1) is 13.6. The minimum atomic E-state index is -0.233. The molecule has 1 aliphatic heterocycles. The number of benzene rings is 2. The Kier molecular flexibility index (Phi) is 5.23. The van der Waals surface area contributed by atoms with E-state index in [0.29, 0.717) is 24.5 Å². The van der Waals surface area contributed by atoms with Crippen LogP contribution in [0.15, 0.2) is 59.8 Å². The normalized spacial score (nSPS) is 21.9. The fourth-order valence-electron chi connectivity index (χ4n) is 4.26. The SMILES string of the molecule is CCOc1cccc([C@H]2CC(=O)NC3=C2C(=O)C[C@@H](c2ccccc2Cl)C3)c1. The van der Waals surface area contributed by atoms with Crippen molar-refractivity contribution >= 4 is 23.3 Å². The summed E-state index contributed by atoms with van der Waals surface area (Å²) in [7, 11) is 0. The van der Waals surface area contributed by atoms with Gasteiger partial charge < -0.3 is 10.1 Å². The first-order valence-corrected chi connectivity index (χ1v) is 9.98. The van der Waals surface area contributed by atoms with Gasteiger partial charge in [0.2, 0.25) is 5.91 Å². The van der Waals surface area contributed by atoms with Gasteiger partial charge in [0.25, 0.3) is 0 Å². The van der Waals surface area contributed by atoms with Gasteiger partial charge in [0.05, 0.1) is 6.61 Å². The van der Waals surface area contributed by atoms with Gasteiger partial charge in [0.15, 0.2) is 5.78 Å². The number of nitrogens with one attached hydrogen (secondary N) is 1. The van der Waals surface area contributed by atoms with Crippen molar-refractivity contribution in [3.05, 3.63) is 76.0 Å². The number of hydrogen-bond donors (Lipinski definition) is 1. The van der Waals surface area contributed by atoms with Crippen LogP contribution in [0.3, 0.4) is 0 Å². The van der Waals surface area contributed by atoms with Crippen LogP contribution in [0.4, 0.5) is 0 Å². The molecular weight excluding hydrogens is 374 g/mol. The van der Waals surface area contributed by atoms with E-state index in [1.165, 1.54) is 0 Å². The highest BCUT2D eigenvalue weighted by Crippen LogP contribution is 2.44. The lowest BCUT2D eigenvalue weighted by molar-refractivity contribution is -0.122. The Bertz CT molecular complexity index is 966. The van der Waals surface area contributed by atoms with Crippen LogP contribution in [0.5, 0.6) is 5.75 Å². The maximum absolute atomic E-state index is 13.1. The van der Waals surface area contributed by atoms with Gasteiger partial charge >= 0.3 is 0 Å². The van der Waals surface area contributed by atoms with Crippen LogP contribution in [0, 0.1) is 0 Å². The molecule has 1 amide bonds. The molecule has 1 heterocycles. The Morgan fingerprint density at radius 1 is 1.07 bits per heavy atom. The van der Waals surface area contributed by atoms with E-state index in [9.17, 15) is 9.59 Å². The van der Waals surface area contributed by atoms with Crippen LogP contribution < -0.4 is 10.1 Å². The fourth-order valence-corrected chi connectivity index (χ4v) is 4.55. The summed E-state index contributed by atoms with van der Waals surface area (Å²) in [4.78, 5) is 25.6. The number of ether oxygens (including phenoxy) is 1. The topological polar surface area (TPSA) is 55.4 Å². The lowest BCUT2D eigenvalue weighted by Crippen LogP contribution is -2.38. The molecule has 0 radical (unpaired) electrons. The van der Waals surface area contributed by atoms with Crippen LogP contribution in [0.25, 0.3) is 0 Å². The van der Waals surface area contributed by atoms with Crippen LogP contribution in [-0.2, 0) is 9.59 Å². The highest BCUT2D eigenvalue weighted by atomic mass is 35.5. The van der Waals surface area contributed by atoms with Gasteiger partial charge in [-0.05, 0) is 48.6 Å². The summed E-state index contributed by atoms with van der Waals surface area (Å²) in [6.45, 7) is 2.50. The Labute approximate surface area is 169 Å². The van der Waals surface area contributed by atoms with Gasteiger partial charge in [-0.1, -0.05) is 41.9 Å². The molecule has 2 aliphatic rings. The third kappa shape index (κ3) is 3.57. The monoisotopic (exact) mass is 395 g/mol. The highest BCUT2D eigenvalue weighted by molar-refractivity contribution is 6.31. The number of allylic oxidation sites excluding steroid dienone is 2. The van der Waals surface area contributed by atoms with Crippen molar-refractivity contribution in [1.82, 2.24) is 5.32 Å². The molecule has 0 spiro atoms. The third-order valence-electron chi connectivity index (χ3n) is 5.45. The van der Waals surface area contributed by atoms with E-state index in [1.807, 2.05) is 55.5 Å². The summed E-state index contributed by atoms with van der Waals surface area (Å²) in [5, 5.41) is 3.61. The smallest absolute Gasteiger partial charge is 0.225 e. The molecule has 0 saturated heterocycles. The summed E-state index contributed by atoms with van der Waals surface area (Å²) in [5.74, 6) is 0.527. The summed E-state index contributed by atoms with van der Waals surface area (Å²) >= 11 is 6.35. The number of carbonyl (C=O) groups is 2. The summed E-state index contributed by atoms with van der Waals surface area (Å²) in [6, 6.07) is 15.3. The number of ketones is 1. The molecule has 4 nitrogen and oxygen atoms in total. The highest BCUT2D eigenvalue weighted by Gasteiger charge is 2.38. The molecule has 2 aromatic rings. The fraction of sp³-hybridized carbons (Fsp3) is 0.304. The van der Waals surface area contributed by atoms with Crippen LogP contribution in [-0.4, -0.2) is 18.3 Å². The predicted molar refractivity (Wildman–Crippen MR) is 109 cm³/mol. The van der Waals surface area contributed by atoms with E-state index in [4.69, 9.17) is 16.3 Å². The average Bonchev–Trinajstić information content (AvgIpc) is 2.68. The second-order valence-electron chi connectivity index (χ2n) is 7.25. The van der Waals surface area contributed by atoms with E-state index >= 15 is 0 Å². The summed E-state index contributed by atoms with van der Waals surface area (Å²) in [5.41, 5.74) is 3.37. The molecule has 2 atom stereocenters. The minimum Gasteiger partial charge on any atom is -0.494 e. The zero-order valence-corrected chi connectivity index (χ0v) is 16.5. The van der Waals surface area contributed by atoms with Crippen molar-refractivity contribution in [2.24, 2.45) is 0 Å². The van der Waals surface area contributed by atoms with E-state index in [2.05, 4.69) is 5.32 Å². The van der Waals surface area contributed by atoms with E-state index in [0.717, 1.165) is 28.1 Å². The molecular formula is C23H22ClNO3. The van der Waals surface area contributed by atoms with Crippen molar-refractivity contribution in [2.75, 3.05) is 6.61 Å². The number of amides is 1. The first-order valence-electron chi connectivity index (χ1n) is 9.60. The van der Waals surface area contributed by atoms with Gasteiger partial charge in [0.1, 0.15) is 5.75 Å². The lowest BCUT2D eigenvalue weighted by atomic mass is 9.73. The molecule has 28 heavy (non-hydrogen) atoms. The van der Waals surface area contributed by atoms with Crippen molar-refractivity contribution in [3.8, 4) is 5.75 Å².